The highest BCUT2D eigenvalue weighted by Crippen LogP contribution is 2.18. The van der Waals surface area contributed by atoms with E-state index in [1.54, 1.807) is 19.2 Å². The number of anilines is 1. The summed E-state index contributed by atoms with van der Waals surface area (Å²) in [7, 11) is 1.59. The van der Waals surface area contributed by atoms with Gasteiger partial charge in [0, 0.05) is 23.8 Å². The number of carboxylic acid groups (broad SMARTS) is 1. The molecule has 1 rings (SSSR count). The number of methoxy groups -OCH3 is 1. The maximum absolute atomic E-state index is 11.6. The van der Waals surface area contributed by atoms with Crippen molar-refractivity contribution in [2.45, 2.75) is 6.42 Å². The summed E-state index contributed by atoms with van der Waals surface area (Å²) < 4.78 is 5.65. The molecule has 0 fully saturated rings. The van der Waals surface area contributed by atoms with Gasteiger partial charge in [-0.25, -0.2) is 9.59 Å². The number of benzene rings is 1. The van der Waals surface area contributed by atoms with Crippen LogP contribution in [-0.2, 0) is 4.74 Å². The van der Waals surface area contributed by atoms with E-state index in [2.05, 4.69) is 10.6 Å². The van der Waals surface area contributed by atoms with Gasteiger partial charge in [-0.1, -0.05) is 0 Å². The van der Waals surface area contributed by atoms with E-state index in [1.807, 2.05) is 22.6 Å². The third kappa shape index (κ3) is 5.43. The SMILES string of the molecule is COCCCNC(=O)Nc1ccc(I)cc1C(=O)O. The Morgan fingerprint density at radius 1 is 1.42 bits per heavy atom. The number of aromatic carboxylic acids is 1. The van der Waals surface area contributed by atoms with Crippen molar-refractivity contribution in [3.05, 3.63) is 27.3 Å². The highest BCUT2D eigenvalue weighted by molar-refractivity contribution is 14.1. The molecule has 1 aromatic carbocycles. The fraction of sp³-hybridized carbons (Fsp3) is 0.333. The summed E-state index contributed by atoms with van der Waals surface area (Å²) in [5, 5.41) is 14.2. The number of carbonyl (C=O) groups is 2. The van der Waals surface area contributed by atoms with E-state index in [0.29, 0.717) is 19.6 Å². The molecule has 0 saturated carbocycles. The molecule has 0 saturated heterocycles. The van der Waals surface area contributed by atoms with Gasteiger partial charge in [0.15, 0.2) is 0 Å². The lowest BCUT2D eigenvalue weighted by Crippen LogP contribution is -2.30. The first-order chi connectivity index (χ1) is 9.04. The van der Waals surface area contributed by atoms with Crippen molar-refractivity contribution in [3.63, 3.8) is 0 Å². The molecule has 104 valence electrons. The standard InChI is InChI=1S/C12H15IN2O4/c1-19-6-2-5-14-12(18)15-10-4-3-8(13)7-9(10)11(16)17/h3-4,7H,2,5-6H2,1H3,(H,16,17)(H2,14,15,18). The fourth-order valence-corrected chi connectivity index (χ4v) is 1.88. The molecule has 0 aliphatic carbocycles. The Hall–Kier alpha value is -1.35. The third-order valence-corrected chi connectivity index (χ3v) is 2.94. The lowest BCUT2D eigenvalue weighted by molar-refractivity contribution is 0.0698. The Kier molecular flexibility index (Phi) is 6.57. The van der Waals surface area contributed by atoms with Gasteiger partial charge in [0.25, 0.3) is 0 Å². The average Bonchev–Trinajstić information content (AvgIpc) is 2.36. The number of carboxylic acids is 1. The van der Waals surface area contributed by atoms with Crippen LogP contribution < -0.4 is 10.6 Å². The second kappa shape index (κ2) is 7.95. The van der Waals surface area contributed by atoms with Crippen LogP contribution in [0.15, 0.2) is 18.2 Å². The van der Waals surface area contributed by atoms with Crippen LogP contribution in [0, 0.1) is 3.57 Å². The zero-order valence-corrected chi connectivity index (χ0v) is 12.6. The van der Waals surface area contributed by atoms with Crippen LogP contribution in [0.5, 0.6) is 0 Å². The quantitative estimate of drug-likeness (QED) is 0.523. The largest absolute Gasteiger partial charge is 0.478 e. The second-order valence-corrected chi connectivity index (χ2v) is 4.97. The van der Waals surface area contributed by atoms with E-state index in [9.17, 15) is 9.59 Å². The van der Waals surface area contributed by atoms with Crippen LogP contribution in [0.25, 0.3) is 0 Å². The molecule has 0 spiro atoms. The van der Waals surface area contributed by atoms with E-state index in [0.717, 1.165) is 3.57 Å². The summed E-state index contributed by atoms with van der Waals surface area (Å²) in [6.45, 7) is 1.02. The Bertz CT molecular complexity index is 465. The maximum Gasteiger partial charge on any atom is 0.337 e. The summed E-state index contributed by atoms with van der Waals surface area (Å²) in [5.41, 5.74) is 0.344. The number of hydrogen-bond donors (Lipinski definition) is 3. The third-order valence-electron chi connectivity index (χ3n) is 2.27. The van der Waals surface area contributed by atoms with Crippen molar-refractivity contribution < 1.29 is 19.4 Å². The Morgan fingerprint density at radius 3 is 2.79 bits per heavy atom. The van der Waals surface area contributed by atoms with Gasteiger partial charge in [0.05, 0.1) is 11.3 Å². The normalized spacial score (nSPS) is 10.0. The van der Waals surface area contributed by atoms with Crippen molar-refractivity contribution in [2.75, 3.05) is 25.6 Å². The molecule has 6 nitrogen and oxygen atoms in total. The number of hydrogen-bond acceptors (Lipinski definition) is 3. The molecule has 0 atom stereocenters. The molecule has 0 unspecified atom stereocenters. The second-order valence-electron chi connectivity index (χ2n) is 3.72. The fourth-order valence-electron chi connectivity index (χ4n) is 1.39. The zero-order valence-electron chi connectivity index (χ0n) is 10.4. The van der Waals surface area contributed by atoms with Gasteiger partial charge in [0.2, 0.25) is 0 Å². The number of carbonyl (C=O) groups excluding carboxylic acids is 1. The van der Waals surface area contributed by atoms with Crippen LogP contribution >= 0.6 is 22.6 Å². The van der Waals surface area contributed by atoms with Crippen molar-refractivity contribution in [2.24, 2.45) is 0 Å². The first kappa shape index (κ1) is 15.7. The highest BCUT2D eigenvalue weighted by atomic mass is 127. The predicted octanol–water partition coefficient (Wildman–Crippen LogP) is 2.15. The number of urea groups is 1. The van der Waals surface area contributed by atoms with Crippen molar-refractivity contribution in [3.8, 4) is 0 Å². The van der Waals surface area contributed by atoms with Crippen LogP contribution in [0.1, 0.15) is 16.8 Å². The molecule has 7 heteroatoms. The highest BCUT2D eigenvalue weighted by Gasteiger charge is 2.12. The minimum Gasteiger partial charge on any atom is -0.478 e. The predicted molar refractivity (Wildman–Crippen MR) is 79.6 cm³/mol. The lowest BCUT2D eigenvalue weighted by atomic mass is 10.2. The molecule has 0 radical (unpaired) electrons. The molecule has 19 heavy (non-hydrogen) atoms. The van der Waals surface area contributed by atoms with E-state index < -0.39 is 12.0 Å². The summed E-state index contributed by atoms with van der Waals surface area (Å²) in [5.74, 6) is -1.08. The molecule has 0 aliphatic heterocycles. The molecule has 0 aromatic heterocycles. The van der Waals surface area contributed by atoms with E-state index in [4.69, 9.17) is 9.84 Å². The number of halogens is 1. The minimum absolute atomic E-state index is 0.0685. The Morgan fingerprint density at radius 2 is 2.16 bits per heavy atom. The minimum atomic E-state index is -1.08. The molecule has 0 heterocycles. The van der Waals surface area contributed by atoms with Gasteiger partial charge < -0.3 is 20.5 Å². The van der Waals surface area contributed by atoms with E-state index in [-0.39, 0.29) is 11.3 Å². The topological polar surface area (TPSA) is 87.7 Å². The lowest BCUT2D eigenvalue weighted by Gasteiger charge is -2.10. The molecule has 0 aliphatic rings. The Balaban J connectivity index is 2.61. The van der Waals surface area contributed by atoms with E-state index >= 15 is 0 Å². The van der Waals surface area contributed by atoms with E-state index in [1.165, 1.54) is 6.07 Å². The number of ether oxygens (including phenoxy) is 1. The van der Waals surface area contributed by atoms with Crippen LogP contribution in [0.2, 0.25) is 0 Å². The molecular formula is C12H15IN2O4. The summed E-state index contributed by atoms with van der Waals surface area (Å²) in [4.78, 5) is 22.6. The molecule has 0 bridgehead atoms. The van der Waals surface area contributed by atoms with Gasteiger partial charge in [-0.15, -0.1) is 0 Å². The molecule has 3 N–H and O–H groups in total. The van der Waals surface area contributed by atoms with Gasteiger partial charge in [0.1, 0.15) is 0 Å². The average molecular weight is 378 g/mol. The smallest absolute Gasteiger partial charge is 0.337 e. The first-order valence-corrected chi connectivity index (χ1v) is 6.69. The van der Waals surface area contributed by atoms with Gasteiger partial charge in [-0.3, -0.25) is 0 Å². The summed E-state index contributed by atoms with van der Waals surface area (Å²) in [6.07, 6.45) is 0.697. The van der Waals surface area contributed by atoms with Gasteiger partial charge in [-0.2, -0.15) is 0 Å². The first-order valence-electron chi connectivity index (χ1n) is 5.61. The Labute approximate surface area is 124 Å². The van der Waals surface area contributed by atoms with Gasteiger partial charge >= 0.3 is 12.0 Å². The number of nitrogens with one attached hydrogen (secondary N) is 2. The monoisotopic (exact) mass is 378 g/mol. The molecule has 1 aromatic rings. The van der Waals surface area contributed by atoms with Crippen molar-refractivity contribution in [1.29, 1.82) is 0 Å². The zero-order chi connectivity index (χ0) is 14.3. The molecule has 2 amide bonds. The molecular weight excluding hydrogens is 363 g/mol. The van der Waals surface area contributed by atoms with Crippen LogP contribution in [-0.4, -0.2) is 37.4 Å². The van der Waals surface area contributed by atoms with Crippen molar-refractivity contribution in [1.82, 2.24) is 5.32 Å². The number of rotatable bonds is 6. The summed E-state index contributed by atoms with van der Waals surface area (Å²) in [6, 6.07) is 4.37. The number of amides is 2. The maximum atomic E-state index is 11.6. The van der Waals surface area contributed by atoms with Crippen LogP contribution in [0.3, 0.4) is 0 Å². The summed E-state index contributed by atoms with van der Waals surface area (Å²) >= 11 is 2.02. The van der Waals surface area contributed by atoms with Gasteiger partial charge in [-0.05, 0) is 47.2 Å². The van der Waals surface area contributed by atoms with Crippen LogP contribution in [0.4, 0.5) is 10.5 Å². The van der Waals surface area contributed by atoms with Crippen molar-refractivity contribution >= 4 is 40.3 Å².